The number of nitrogens with one attached hydrogen (secondary N) is 2. The van der Waals surface area contributed by atoms with Gasteiger partial charge in [-0.3, -0.25) is 14.0 Å². The van der Waals surface area contributed by atoms with Crippen molar-refractivity contribution >= 4 is 34.7 Å². The monoisotopic (exact) mass is 575 g/mol. The van der Waals surface area contributed by atoms with Gasteiger partial charge >= 0.3 is 0 Å². The minimum Gasteiger partial charge on any atom is -0.476 e. The molecule has 10 nitrogen and oxygen atoms in total. The van der Waals surface area contributed by atoms with Crippen molar-refractivity contribution in [1.29, 1.82) is 5.26 Å². The zero-order valence-corrected chi connectivity index (χ0v) is 22.1. The number of pyridine rings is 1. The Bertz CT molecular complexity index is 1900. The number of rotatable bonds is 8. The average Bonchev–Trinajstić information content (AvgIpc) is 3.39. The minimum atomic E-state index is -1.21. The predicted molar refractivity (Wildman–Crippen MR) is 147 cm³/mol. The Labute approximate surface area is 236 Å². The van der Waals surface area contributed by atoms with Crippen LogP contribution in [-0.2, 0) is 13.6 Å². The lowest BCUT2D eigenvalue weighted by atomic mass is 10.1. The van der Waals surface area contributed by atoms with Crippen molar-refractivity contribution < 1.29 is 18.3 Å². The van der Waals surface area contributed by atoms with Crippen molar-refractivity contribution in [1.82, 2.24) is 24.3 Å². The third kappa shape index (κ3) is 5.57. The first-order valence-electron chi connectivity index (χ1n) is 12.1. The number of carbonyl (C=O) groups is 1. The molecule has 41 heavy (non-hydrogen) atoms. The van der Waals surface area contributed by atoms with Gasteiger partial charge in [0.2, 0.25) is 11.4 Å². The van der Waals surface area contributed by atoms with Crippen molar-refractivity contribution in [3.05, 3.63) is 105 Å². The minimum absolute atomic E-state index is 0.0624. The van der Waals surface area contributed by atoms with Gasteiger partial charge in [-0.25, -0.2) is 14.4 Å². The van der Waals surface area contributed by atoms with Gasteiger partial charge < -0.3 is 19.9 Å². The summed E-state index contributed by atoms with van der Waals surface area (Å²) in [4.78, 5) is 32.9. The molecule has 0 radical (unpaired) electrons. The van der Waals surface area contributed by atoms with Gasteiger partial charge in [0.25, 0.3) is 5.91 Å². The number of aromatic nitrogens is 4. The van der Waals surface area contributed by atoms with Crippen LogP contribution in [0.2, 0.25) is 5.02 Å². The van der Waals surface area contributed by atoms with E-state index in [9.17, 15) is 18.4 Å². The largest absolute Gasteiger partial charge is 0.476 e. The van der Waals surface area contributed by atoms with E-state index in [1.54, 1.807) is 49.8 Å². The van der Waals surface area contributed by atoms with Gasteiger partial charge in [-0.2, -0.15) is 9.65 Å². The summed E-state index contributed by atoms with van der Waals surface area (Å²) in [6.07, 6.45) is 6.02. The number of imidazole rings is 1. The first-order valence-corrected chi connectivity index (χ1v) is 12.4. The summed E-state index contributed by atoms with van der Waals surface area (Å²) in [5.74, 6) is -2.83. The summed E-state index contributed by atoms with van der Waals surface area (Å²) in [6, 6.07) is 12.1. The maximum atomic E-state index is 14.9. The molecule has 13 heteroatoms. The first kappa shape index (κ1) is 27.3. The van der Waals surface area contributed by atoms with E-state index in [1.165, 1.54) is 39.6 Å². The van der Waals surface area contributed by atoms with Gasteiger partial charge in [0.15, 0.2) is 29.6 Å². The Morgan fingerprint density at radius 1 is 1.15 bits per heavy atom. The van der Waals surface area contributed by atoms with Crippen molar-refractivity contribution in [2.75, 3.05) is 11.9 Å². The molecule has 3 heterocycles. The fourth-order valence-corrected chi connectivity index (χ4v) is 4.37. The van der Waals surface area contributed by atoms with Crippen LogP contribution in [0.25, 0.3) is 16.9 Å². The molecule has 0 spiro atoms. The highest BCUT2D eigenvalue weighted by molar-refractivity contribution is 6.34. The van der Waals surface area contributed by atoms with Crippen LogP contribution in [0.15, 0.2) is 72.0 Å². The number of anilines is 2. The van der Waals surface area contributed by atoms with Crippen LogP contribution in [0.1, 0.15) is 15.9 Å². The molecule has 3 aromatic heterocycles. The Balaban J connectivity index is 1.35. The summed E-state index contributed by atoms with van der Waals surface area (Å²) in [5, 5.41) is 14.7. The topological polar surface area (TPSA) is 126 Å². The van der Waals surface area contributed by atoms with Crippen LogP contribution in [0.4, 0.5) is 20.3 Å². The molecular formula is C28H20ClF2N7O3. The Morgan fingerprint density at radius 2 is 1.98 bits per heavy atom. The van der Waals surface area contributed by atoms with E-state index in [4.69, 9.17) is 21.6 Å². The van der Waals surface area contributed by atoms with E-state index in [0.29, 0.717) is 17.2 Å². The molecule has 0 fully saturated rings. The highest BCUT2D eigenvalue weighted by Gasteiger charge is 2.20. The summed E-state index contributed by atoms with van der Waals surface area (Å²) < 4.78 is 37.3. The van der Waals surface area contributed by atoms with E-state index >= 15 is 0 Å². The van der Waals surface area contributed by atoms with E-state index in [-0.39, 0.29) is 39.7 Å². The third-order valence-electron chi connectivity index (χ3n) is 6.12. The lowest BCUT2D eigenvalue weighted by molar-refractivity contribution is 0.0951. The zero-order valence-electron chi connectivity index (χ0n) is 21.4. The zero-order chi connectivity index (χ0) is 29.1. The molecular weight excluding hydrogens is 556 g/mol. The SMILES string of the molecule is Cn1cc(CNC(=O)c2ccc(Nc3nccn4c(-c5ccc(OCC#N)c(F)c5F)cnc34)cc2Cl)ccc1=O. The quantitative estimate of drug-likeness (QED) is 0.277. The molecule has 0 saturated carbocycles. The van der Waals surface area contributed by atoms with Crippen LogP contribution in [-0.4, -0.2) is 31.4 Å². The number of aryl methyl sites for hydroxylation is 1. The molecule has 0 bridgehead atoms. The maximum absolute atomic E-state index is 14.9. The summed E-state index contributed by atoms with van der Waals surface area (Å²) in [6.45, 7) is -0.212. The molecule has 0 aliphatic heterocycles. The van der Waals surface area contributed by atoms with Crippen molar-refractivity contribution in [2.24, 2.45) is 7.05 Å². The Morgan fingerprint density at radius 3 is 2.73 bits per heavy atom. The molecule has 2 N–H and O–H groups in total. The number of ether oxygens (including phenoxy) is 1. The molecule has 206 valence electrons. The van der Waals surface area contributed by atoms with Crippen molar-refractivity contribution in [2.45, 2.75) is 6.54 Å². The fraction of sp³-hybridized carbons (Fsp3) is 0.107. The number of nitrogens with zero attached hydrogens (tertiary/aromatic N) is 5. The normalized spacial score (nSPS) is 10.8. The Kier molecular flexibility index (Phi) is 7.62. The van der Waals surface area contributed by atoms with E-state index in [2.05, 4.69) is 20.6 Å². The smallest absolute Gasteiger partial charge is 0.253 e. The van der Waals surface area contributed by atoms with Crippen LogP contribution < -0.4 is 20.9 Å². The average molecular weight is 576 g/mol. The number of fused-ring (bicyclic) bond motifs is 1. The van der Waals surface area contributed by atoms with Gasteiger partial charge in [0, 0.05) is 49.5 Å². The highest BCUT2D eigenvalue weighted by Crippen LogP contribution is 2.32. The number of hydrogen-bond donors (Lipinski definition) is 2. The summed E-state index contributed by atoms with van der Waals surface area (Å²) >= 11 is 6.40. The Hall–Kier alpha value is -5.28. The number of amides is 1. The third-order valence-corrected chi connectivity index (χ3v) is 6.43. The van der Waals surface area contributed by atoms with Crippen LogP contribution in [0.3, 0.4) is 0 Å². The van der Waals surface area contributed by atoms with Crippen LogP contribution in [0, 0.1) is 23.0 Å². The second-order valence-electron chi connectivity index (χ2n) is 8.79. The molecule has 2 aromatic carbocycles. The molecule has 0 unspecified atom stereocenters. The standard InChI is InChI=1S/C28H20ClF2N7O3/c1-37-15-16(2-7-23(37)39)13-35-28(40)18-4-3-17(12-20(18)29)36-26-27-34-14-21(38(27)10-9-33-26)19-5-6-22(41-11-8-32)25(31)24(19)30/h2-7,9-10,12,14-15H,11,13H2,1H3,(H,33,36)(H,35,40). The predicted octanol–water partition coefficient (Wildman–Crippen LogP) is 4.60. The molecule has 0 atom stereocenters. The first-order chi connectivity index (χ1) is 19.8. The highest BCUT2D eigenvalue weighted by atomic mass is 35.5. The number of nitriles is 1. The van der Waals surface area contributed by atoms with Gasteiger partial charge in [0.1, 0.15) is 6.07 Å². The van der Waals surface area contributed by atoms with Crippen molar-refractivity contribution in [3.63, 3.8) is 0 Å². The molecule has 0 aliphatic carbocycles. The number of hydrogen-bond acceptors (Lipinski definition) is 7. The second-order valence-corrected chi connectivity index (χ2v) is 9.19. The second kappa shape index (κ2) is 11.4. The van der Waals surface area contributed by atoms with Crippen LogP contribution in [0.5, 0.6) is 5.75 Å². The van der Waals surface area contributed by atoms with Gasteiger partial charge in [-0.1, -0.05) is 17.7 Å². The maximum Gasteiger partial charge on any atom is 0.253 e. The van der Waals surface area contributed by atoms with E-state index in [0.717, 1.165) is 5.56 Å². The number of carbonyl (C=O) groups excluding carboxylic acids is 1. The van der Waals surface area contributed by atoms with E-state index < -0.39 is 24.1 Å². The van der Waals surface area contributed by atoms with Gasteiger partial charge in [-0.05, 0) is 35.9 Å². The number of benzene rings is 2. The lowest BCUT2D eigenvalue weighted by Crippen LogP contribution is -2.24. The molecule has 5 rings (SSSR count). The van der Waals surface area contributed by atoms with Crippen LogP contribution >= 0.6 is 11.6 Å². The van der Waals surface area contributed by atoms with Crippen molar-refractivity contribution in [3.8, 4) is 23.1 Å². The summed E-state index contributed by atoms with van der Waals surface area (Å²) in [5.41, 5.74) is 1.87. The number of halogens is 3. The lowest BCUT2D eigenvalue weighted by Gasteiger charge is -2.11. The van der Waals surface area contributed by atoms with Gasteiger partial charge in [0.05, 0.1) is 22.5 Å². The van der Waals surface area contributed by atoms with E-state index in [1.807, 2.05) is 0 Å². The van der Waals surface area contributed by atoms with Gasteiger partial charge in [-0.15, -0.1) is 0 Å². The molecule has 0 saturated heterocycles. The molecule has 5 aromatic rings. The molecule has 1 amide bonds. The fourth-order valence-electron chi connectivity index (χ4n) is 4.10. The molecule has 0 aliphatic rings. The summed E-state index contributed by atoms with van der Waals surface area (Å²) in [7, 11) is 1.63.